The lowest BCUT2D eigenvalue weighted by atomic mass is 9.79. The van der Waals surface area contributed by atoms with Gasteiger partial charge in [-0.05, 0) is 45.1 Å². The molecule has 1 atom stereocenters. The fourth-order valence-electron chi connectivity index (χ4n) is 3.35. The smallest absolute Gasteiger partial charge is 0.399 e. The zero-order valence-corrected chi connectivity index (χ0v) is 16.1. The summed E-state index contributed by atoms with van der Waals surface area (Å²) in [6.45, 7) is 11.5. The molecule has 0 amide bonds. The van der Waals surface area contributed by atoms with Crippen LogP contribution in [0.5, 0.6) is 0 Å². The van der Waals surface area contributed by atoms with Gasteiger partial charge in [-0.1, -0.05) is 44.0 Å². The average molecular weight is 340 g/mol. The van der Waals surface area contributed by atoms with Gasteiger partial charge in [0.25, 0.3) is 0 Å². The quantitative estimate of drug-likeness (QED) is 0.752. The van der Waals surface area contributed by atoms with Crippen molar-refractivity contribution in [1.29, 1.82) is 0 Å². The van der Waals surface area contributed by atoms with Crippen molar-refractivity contribution >= 4 is 12.6 Å². The topological polar surface area (TPSA) is 36.3 Å². The molecule has 4 nitrogen and oxygen atoms in total. The highest BCUT2D eigenvalue weighted by atomic mass is 16.7. The van der Waals surface area contributed by atoms with Crippen LogP contribution < -0.4 is 5.46 Å². The van der Waals surface area contributed by atoms with Crippen LogP contribution in [0.2, 0.25) is 0 Å². The number of hydrogen-bond donors (Lipinski definition) is 0. The molecule has 5 heteroatoms. The molecular formula is C20H29BN2O2. The first-order valence-corrected chi connectivity index (χ1v) is 9.27. The van der Waals surface area contributed by atoms with E-state index in [1.807, 2.05) is 19.3 Å². The van der Waals surface area contributed by atoms with Crippen molar-refractivity contribution in [3.8, 4) is 0 Å². The van der Waals surface area contributed by atoms with Crippen LogP contribution >= 0.6 is 0 Å². The number of aryl methyl sites for hydroxylation is 1. The maximum atomic E-state index is 6.38. The summed E-state index contributed by atoms with van der Waals surface area (Å²) in [7, 11) is -0.291. The van der Waals surface area contributed by atoms with Crippen molar-refractivity contribution in [2.45, 2.75) is 71.6 Å². The molecule has 1 aliphatic heterocycles. The molecule has 0 radical (unpaired) electrons. The van der Waals surface area contributed by atoms with E-state index >= 15 is 0 Å². The third-order valence-corrected chi connectivity index (χ3v) is 5.58. The number of nitrogens with zero attached hydrogens (tertiary/aromatic N) is 2. The Hall–Kier alpha value is -1.59. The van der Waals surface area contributed by atoms with Gasteiger partial charge in [-0.15, -0.1) is 0 Å². The van der Waals surface area contributed by atoms with Crippen molar-refractivity contribution in [3.63, 3.8) is 0 Å². The van der Waals surface area contributed by atoms with E-state index in [9.17, 15) is 0 Å². The zero-order chi connectivity index (χ0) is 18.1. The van der Waals surface area contributed by atoms with Crippen LogP contribution in [0.1, 0.15) is 58.3 Å². The maximum absolute atomic E-state index is 6.38. The van der Waals surface area contributed by atoms with Gasteiger partial charge in [0.15, 0.2) is 0 Å². The Balaban J connectivity index is 1.71. The number of benzene rings is 1. The molecule has 3 rings (SSSR count). The molecule has 0 N–H and O–H groups in total. The van der Waals surface area contributed by atoms with Gasteiger partial charge in [-0.3, -0.25) is 0 Å². The van der Waals surface area contributed by atoms with Gasteiger partial charge in [-0.25, -0.2) is 4.98 Å². The Morgan fingerprint density at radius 3 is 2.44 bits per heavy atom. The molecule has 1 unspecified atom stereocenters. The second-order valence-electron chi connectivity index (χ2n) is 7.76. The van der Waals surface area contributed by atoms with Crippen molar-refractivity contribution in [2.24, 2.45) is 0 Å². The summed E-state index contributed by atoms with van der Waals surface area (Å²) in [5.41, 5.74) is 1.79. The van der Waals surface area contributed by atoms with Gasteiger partial charge in [0.2, 0.25) is 0 Å². The van der Waals surface area contributed by atoms with E-state index in [-0.39, 0.29) is 18.3 Å². The highest BCUT2D eigenvalue weighted by Gasteiger charge is 2.53. The molecular weight excluding hydrogens is 311 g/mol. The summed E-state index contributed by atoms with van der Waals surface area (Å²) < 4.78 is 14.8. The SMILES string of the molecule is CCCCC1(C)OB(c2ccc(Cn3ccnc3C)cc2)OC1(C)C. The Kier molecular flexibility index (Phi) is 5.07. The number of unbranched alkanes of at least 4 members (excludes halogenated alkanes) is 1. The molecule has 25 heavy (non-hydrogen) atoms. The van der Waals surface area contributed by atoms with Gasteiger partial charge < -0.3 is 13.9 Å². The summed E-state index contributed by atoms with van der Waals surface area (Å²) >= 11 is 0. The number of aromatic nitrogens is 2. The molecule has 0 aliphatic carbocycles. The van der Waals surface area contributed by atoms with E-state index < -0.39 is 0 Å². The minimum Gasteiger partial charge on any atom is -0.399 e. The Labute approximate surface area is 151 Å². The monoisotopic (exact) mass is 340 g/mol. The summed E-state index contributed by atoms with van der Waals surface area (Å²) in [6, 6.07) is 8.54. The highest BCUT2D eigenvalue weighted by molar-refractivity contribution is 6.62. The molecule has 0 spiro atoms. The van der Waals surface area contributed by atoms with Crippen LogP contribution in [0.4, 0.5) is 0 Å². The Morgan fingerprint density at radius 1 is 1.12 bits per heavy atom. The van der Waals surface area contributed by atoms with E-state index in [0.717, 1.165) is 30.7 Å². The van der Waals surface area contributed by atoms with Gasteiger partial charge in [0, 0.05) is 18.9 Å². The highest BCUT2D eigenvalue weighted by Crippen LogP contribution is 2.40. The van der Waals surface area contributed by atoms with E-state index in [1.165, 1.54) is 12.0 Å². The lowest BCUT2D eigenvalue weighted by molar-refractivity contribution is -0.0169. The molecule has 1 aromatic heterocycles. The molecule has 2 heterocycles. The van der Waals surface area contributed by atoms with Crippen molar-refractivity contribution < 1.29 is 9.31 Å². The normalized spacial score (nSPS) is 22.5. The second kappa shape index (κ2) is 6.97. The molecule has 1 fully saturated rings. The molecule has 134 valence electrons. The maximum Gasteiger partial charge on any atom is 0.494 e. The standard InChI is InChI=1S/C20H29BN2O2/c1-6-7-12-20(5)19(3,4)24-21(25-20)18-10-8-17(9-11-18)15-23-14-13-22-16(23)2/h8-11,13-14H,6-7,12,15H2,1-5H3. The Morgan fingerprint density at radius 2 is 1.84 bits per heavy atom. The largest absolute Gasteiger partial charge is 0.494 e. The predicted molar refractivity (Wildman–Crippen MR) is 102 cm³/mol. The third-order valence-electron chi connectivity index (χ3n) is 5.58. The fraction of sp³-hybridized carbons (Fsp3) is 0.550. The first kappa shape index (κ1) is 18.2. The predicted octanol–water partition coefficient (Wildman–Crippen LogP) is 3.71. The molecule has 0 bridgehead atoms. The van der Waals surface area contributed by atoms with Crippen LogP contribution in [-0.4, -0.2) is 27.9 Å². The molecule has 2 aromatic rings. The lowest BCUT2D eigenvalue weighted by Crippen LogP contribution is -2.44. The van der Waals surface area contributed by atoms with Crippen molar-refractivity contribution in [3.05, 3.63) is 48.0 Å². The molecule has 1 aromatic carbocycles. The number of hydrogen-bond acceptors (Lipinski definition) is 3. The van der Waals surface area contributed by atoms with Gasteiger partial charge in [-0.2, -0.15) is 0 Å². The lowest BCUT2D eigenvalue weighted by Gasteiger charge is -2.36. The first-order chi connectivity index (χ1) is 11.8. The minimum absolute atomic E-state index is 0.250. The fourth-order valence-corrected chi connectivity index (χ4v) is 3.35. The molecule has 0 saturated carbocycles. The van der Waals surface area contributed by atoms with E-state index in [4.69, 9.17) is 9.31 Å². The van der Waals surface area contributed by atoms with Gasteiger partial charge in [0.05, 0.1) is 11.2 Å². The first-order valence-electron chi connectivity index (χ1n) is 9.27. The second-order valence-corrected chi connectivity index (χ2v) is 7.76. The summed E-state index contributed by atoms with van der Waals surface area (Å²) in [4.78, 5) is 4.27. The summed E-state index contributed by atoms with van der Waals surface area (Å²) in [5, 5.41) is 0. The average Bonchev–Trinajstić information content (AvgIpc) is 3.07. The van der Waals surface area contributed by atoms with E-state index in [0.29, 0.717) is 0 Å². The number of imidazole rings is 1. The molecule has 1 saturated heterocycles. The zero-order valence-electron chi connectivity index (χ0n) is 16.1. The number of rotatable bonds is 6. The van der Waals surface area contributed by atoms with Crippen LogP contribution in [0, 0.1) is 6.92 Å². The summed E-state index contributed by atoms with van der Waals surface area (Å²) in [6.07, 6.45) is 7.18. The van der Waals surface area contributed by atoms with Crippen molar-refractivity contribution in [2.75, 3.05) is 0 Å². The van der Waals surface area contributed by atoms with E-state index in [2.05, 4.69) is 61.5 Å². The minimum atomic E-state index is -0.292. The van der Waals surface area contributed by atoms with Crippen LogP contribution in [0.25, 0.3) is 0 Å². The van der Waals surface area contributed by atoms with Crippen LogP contribution in [0.15, 0.2) is 36.7 Å². The summed E-state index contributed by atoms with van der Waals surface area (Å²) in [5.74, 6) is 1.03. The van der Waals surface area contributed by atoms with Crippen LogP contribution in [-0.2, 0) is 15.9 Å². The van der Waals surface area contributed by atoms with Crippen LogP contribution in [0.3, 0.4) is 0 Å². The van der Waals surface area contributed by atoms with E-state index in [1.54, 1.807) is 0 Å². The molecule has 1 aliphatic rings. The third kappa shape index (κ3) is 3.68. The van der Waals surface area contributed by atoms with Gasteiger partial charge >= 0.3 is 7.12 Å². The van der Waals surface area contributed by atoms with Crippen molar-refractivity contribution in [1.82, 2.24) is 9.55 Å². The van der Waals surface area contributed by atoms with Gasteiger partial charge in [0.1, 0.15) is 5.82 Å². The Bertz CT molecular complexity index is 711.